The van der Waals surface area contributed by atoms with Gasteiger partial charge in [0.05, 0.1) is 6.20 Å². The lowest BCUT2D eigenvalue weighted by atomic mass is 9.82. The number of aryl methyl sites for hydroxylation is 1. The molecule has 31 heavy (non-hydrogen) atoms. The predicted molar refractivity (Wildman–Crippen MR) is 128 cm³/mol. The Balaban J connectivity index is 1.57. The molecule has 0 radical (unpaired) electrons. The van der Waals surface area contributed by atoms with Gasteiger partial charge in [0.25, 0.3) is 5.56 Å². The van der Waals surface area contributed by atoms with Crippen molar-refractivity contribution in [2.24, 2.45) is 13.0 Å². The second-order valence-corrected chi connectivity index (χ2v) is 9.36. The maximum absolute atomic E-state index is 13.2. The van der Waals surface area contributed by atoms with Gasteiger partial charge in [-0.1, -0.05) is 44.2 Å². The molecule has 1 aliphatic carbocycles. The van der Waals surface area contributed by atoms with Crippen LogP contribution in [0, 0.1) is 12.8 Å². The second kappa shape index (κ2) is 9.13. The quantitative estimate of drug-likeness (QED) is 0.587. The molecule has 0 aliphatic heterocycles. The van der Waals surface area contributed by atoms with Crippen molar-refractivity contribution in [1.82, 2.24) is 14.3 Å². The molecule has 5 heteroatoms. The van der Waals surface area contributed by atoms with Crippen LogP contribution in [0.5, 0.6) is 0 Å². The first-order chi connectivity index (χ1) is 14.9. The highest BCUT2D eigenvalue weighted by Gasteiger charge is 2.23. The summed E-state index contributed by atoms with van der Waals surface area (Å²) in [6.07, 6.45) is 8.36. The number of nitrogens with one attached hydrogen (secondary N) is 1. The van der Waals surface area contributed by atoms with Crippen LogP contribution < -0.4 is 10.9 Å². The van der Waals surface area contributed by atoms with Gasteiger partial charge in [-0.15, -0.1) is 0 Å². The van der Waals surface area contributed by atoms with E-state index in [0.29, 0.717) is 30.1 Å². The van der Waals surface area contributed by atoms with Crippen molar-refractivity contribution >= 4 is 5.69 Å². The van der Waals surface area contributed by atoms with Gasteiger partial charge in [-0.2, -0.15) is 5.10 Å². The highest BCUT2D eigenvalue weighted by Crippen LogP contribution is 2.34. The zero-order valence-electron chi connectivity index (χ0n) is 19.1. The van der Waals surface area contributed by atoms with E-state index in [0.717, 1.165) is 42.5 Å². The Kier molecular flexibility index (Phi) is 6.30. The summed E-state index contributed by atoms with van der Waals surface area (Å²) in [5.41, 5.74) is 5.45. The molecule has 0 unspecified atom stereocenters. The fourth-order valence-electron chi connectivity index (χ4n) is 4.71. The Morgan fingerprint density at radius 3 is 2.45 bits per heavy atom. The van der Waals surface area contributed by atoms with Gasteiger partial charge in [0.1, 0.15) is 5.69 Å². The van der Waals surface area contributed by atoms with Gasteiger partial charge in [-0.3, -0.25) is 9.48 Å². The van der Waals surface area contributed by atoms with Gasteiger partial charge >= 0.3 is 0 Å². The standard InChI is InChI=1S/C26H34N4O/c1-18(2)16-30-17-22(24-15-27-29(4)19(24)3)14-25(26(30)31)28-23-12-10-21(11-13-23)20-8-6-5-7-9-20/h5-9,14-15,17-18,21,23,28H,10-13,16H2,1-4H3/t21-,23+. The molecule has 5 nitrogen and oxygen atoms in total. The van der Waals surface area contributed by atoms with Crippen LogP contribution in [-0.2, 0) is 13.6 Å². The number of anilines is 1. The molecule has 3 aromatic rings. The number of rotatable bonds is 6. The number of aromatic nitrogens is 3. The number of nitrogens with zero attached hydrogens (tertiary/aromatic N) is 3. The van der Waals surface area contributed by atoms with Crippen LogP contribution in [0.2, 0.25) is 0 Å². The van der Waals surface area contributed by atoms with Crippen molar-refractivity contribution in [3.8, 4) is 11.1 Å². The molecule has 0 saturated heterocycles. The normalized spacial score (nSPS) is 19.0. The topological polar surface area (TPSA) is 51.9 Å². The Bertz CT molecular complexity index is 1070. The molecule has 1 aliphatic rings. The summed E-state index contributed by atoms with van der Waals surface area (Å²) >= 11 is 0. The van der Waals surface area contributed by atoms with Crippen molar-refractivity contribution in [2.45, 2.75) is 65.0 Å². The summed E-state index contributed by atoms with van der Waals surface area (Å²) in [6, 6.07) is 13.2. The van der Waals surface area contributed by atoms with Crippen molar-refractivity contribution in [3.63, 3.8) is 0 Å². The zero-order chi connectivity index (χ0) is 22.0. The summed E-state index contributed by atoms with van der Waals surface area (Å²) in [4.78, 5) is 13.2. The molecule has 2 heterocycles. The molecule has 1 fully saturated rings. The molecule has 0 bridgehead atoms. The molecular formula is C26H34N4O. The van der Waals surface area contributed by atoms with Crippen LogP contribution in [0.3, 0.4) is 0 Å². The van der Waals surface area contributed by atoms with Crippen LogP contribution in [0.25, 0.3) is 11.1 Å². The Labute approximate surface area is 185 Å². The van der Waals surface area contributed by atoms with Gasteiger partial charge < -0.3 is 9.88 Å². The van der Waals surface area contributed by atoms with E-state index in [1.54, 1.807) is 0 Å². The summed E-state index contributed by atoms with van der Waals surface area (Å²) in [5, 5.41) is 8.01. The summed E-state index contributed by atoms with van der Waals surface area (Å²) in [7, 11) is 1.95. The van der Waals surface area contributed by atoms with E-state index in [1.165, 1.54) is 5.56 Å². The minimum atomic E-state index is 0.0733. The zero-order valence-corrected chi connectivity index (χ0v) is 19.1. The van der Waals surface area contributed by atoms with E-state index in [2.05, 4.69) is 61.5 Å². The maximum atomic E-state index is 13.2. The largest absolute Gasteiger partial charge is 0.378 e. The van der Waals surface area contributed by atoms with Crippen LogP contribution >= 0.6 is 0 Å². The lowest BCUT2D eigenvalue weighted by Gasteiger charge is -2.30. The highest BCUT2D eigenvalue weighted by atomic mass is 16.1. The van der Waals surface area contributed by atoms with Crippen molar-refractivity contribution in [1.29, 1.82) is 0 Å². The van der Waals surface area contributed by atoms with Gasteiger partial charge in [0.2, 0.25) is 0 Å². The van der Waals surface area contributed by atoms with Crippen LogP contribution in [-0.4, -0.2) is 20.4 Å². The van der Waals surface area contributed by atoms with Gasteiger partial charge in [-0.05, 0) is 56.1 Å². The minimum absolute atomic E-state index is 0.0733. The molecule has 1 saturated carbocycles. The van der Waals surface area contributed by atoms with E-state index in [1.807, 2.05) is 34.8 Å². The molecule has 0 spiro atoms. The predicted octanol–water partition coefficient (Wildman–Crippen LogP) is 5.35. The molecule has 1 N–H and O–H groups in total. The third kappa shape index (κ3) is 4.76. The lowest BCUT2D eigenvalue weighted by molar-refractivity contribution is 0.411. The average molecular weight is 419 g/mol. The molecule has 0 atom stereocenters. The fourth-order valence-corrected chi connectivity index (χ4v) is 4.71. The number of pyridine rings is 1. The van der Waals surface area contributed by atoms with E-state index >= 15 is 0 Å². The fraction of sp³-hybridized carbons (Fsp3) is 0.462. The average Bonchev–Trinajstić information content (AvgIpc) is 3.10. The van der Waals surface area contributed by atoms with Crippen LogP contribution in [0.15, 0.2) is 53.6 Å². The van der Waals surface area contributed by atoms with Crippen molar-refractivity contribution in [2.75, 3.05) is 5.32 Å². The SMILES string of the molecule is Cc1c(-c2cc(N[C@H]3CC[C@@H](c4ccccc4)CC3)c(=O)n(CC(C)C)c2)cnn1C. The Morgan fingerprint density at radius 1 is 1.13 bits per heavy atom. The maximum Gasteiger partial charge on any atom is 0.273 e. The van der Waals surface area contributed by atoms with Gasteiger partial charge in [-0.25, -0.2) is 0 Å². The smallest absolute Gasteiger partial charge is 0.273 e. The number of hydrogen-bond donors (Lipinski definition) is 1. The van der Waals surface area contributed by atoms with E-state index in [-0.39, 0.29) is 5.56 Å². The van der Waals surface area contributed by atoms with Crippen LogP contribution in [0.1, 0.15) is 56.7 Å². The molecule has 0 amide bonds. The number of benzene rings is 1. The molecule has 2 aromatic heterocycles. The van der Waals surface area contributed by atoms with Gasteiger partial charge in [0.15, 0.2) is 0 Å². The first-order valence-corrected chi connectivity index (χ1v) is 11.5. The first kappa shape index (κ1) is 21.4. The molecular weight excluding hydrogens is 384 g/mol. The first-order valence-electron chi connectivity index (χ1n) is 11.5. The molecule has 1 aromatic carbocycles. The van der Waals surface area contributed by atoms with Crippen molar-refractivity contribution < 1.29 is 0 Å². The number of hydrogen-bond acceptors (Lipinski definition) is 3. The van der Waals surface area contributed by atoms with E-state index < -0.39 is 0 Å². The Morgan fingerprint density at radius 2 is 1.84 bits per heavy atom. The lowest BCUT2D eigenvalue weighted by Crippen LogP contribution is -2.31. The van der Waals surface area contributed by atoms with Crippen LogP contribution in [0.4, 0.5) is 5.69 Å². The monoisotopic (exact) mass is 418 g/mol. The van der Waals surface area contributed by atoms with Crippen molar-refractivity contribution in [3.05, 3.63) is 70.4 Å². The Hall–Kier alpha value is -2.82. The van der Waals surface area contributed by atoms with E-state index in [4.69, 9.17) is 0 Å². The third-order valence-electron chi connectivity index (χ3n) is 6.55. The highest BCUT2D eigenvalue weighted by molar-refractivity contribution is 5.68. The summed E-state index contributed by atoms with van der Waals surface area (Å²) < 4.78 is 3.75. The summed E-state index contributed by atoms with van der Waals surface area (Å²) in [5.74, 6) is 1.03. The van der Waals surface area contributed by atoms with E-state index in [9.17, 15) is 4.79 Å². The third-order valence-corrected chi connectivity index (χ3v) is 6.55. The molecule has 4 rings (SSSR count). The summed E-state index contributed by atoms with van der Waals surface area (Å²) in [6.45, 7) is 7.07. The second-order valence-electron chi connectivity index (χ2n) is 9.36. The van der Waals surface area contributed by atoms with Gasteiger partial charge in [0, 0.05) is 42.7 Å². The molecule has 164 valence electrons. The minimum Gasteiger partial charge on any atom is -0.378 e.